The molecule has 0 radical (unpaired) electrons. The molecule has 0 spiro atoms. The fourth-order valence-corrected chi connectivity index (χ4v) is 2.59. The molecule has 3 N–H and O–H groups in total. The maximum Gasteiger partial charge on any atom is 0.220 e. The van der Waals surface area contributed by atoms with Crippen molar-refractivity contribution in [1.82, 2.24) is 0 Å². The van der Waals surface area contributed by atoms with E-state index < -0.39 is 6.10 Å². The smallest absolute Gasteiger partial charge is 0.220 e. The van der Waals surface area contributed by atoms with E-state index >= 15 is 0 Å². The maximum atomic E-state index is 14.0. The predicted octanol–water partition coefficient (Wildman–Crippen LogP) is 1.58. The van der Waals surface area contributed by atoms with Gasteiger partial charge in [-0.3, -0.25) is 4.79 Å². The third kappa shape index (κ3) is 2.87. The van der Waals surface area contributed by atoms with Gasteiger partial charge < -0.3 is 15.7 Å². The van der Waals surface area contributed by atoms with Gasteiger partial charge in [-0.2, -0.15) is 0 Å². The molecule has 4 nitrogen and oxygen atoms in total. The molecule has 1 aromatic rings. The van der Waals surface area contributed by atoms with Gasteiger partial charge in [-0.05, 0) is 25.8 Å². The van der Waals surface area contributed by atoms with Crippen molar-refractivity contribution < 1.29 is 14.3 Å². The zero-order valence-electron chi connectivity index (χ0n) is 11.0. The lowest BCUT2D eigenvalue weighted by Crippen LogP contribution is -2.39. The van der Waals surface area contributed by atoms with E-state index in [1.807, 2.05) is 4.90 Å². The lowest BCUT2D eigenvalue weighted by molar-refractivity contribution is -0.122. The van der Waals surface area contributed by atoms with Crippen LogP contribution >= 0.6 is 0 Å². The Bertz CT molecular complexity index is 469. The van der Waals surface area contributed by atoms with Crippen molar-refractivity contribution in [1.29, 1.82) is 0 Å². The Morgan fingerprint density at radius 1 is 1.47 bits per heavy atom. The van der Waals surface area contributed by atoms with E-state index in [1.165, 1.54) is 6.07 Å². The Morgan fingerprint density at radius 2 is 2.11 bits per heavy atom. The van der Waals surface area contributed by atoms with Crippen LogP contribution < -0.4 is 10.6 Å². The maximum absolute atomic E-state index is 14.0. The van der Waals surface area contributed by atoms with Gasteiger partial charge in [0.1, 0.15) is 5.82 Å². The fraction of sp³-hybridized carbons (Fsp3) is 0.500. The number of anilines is 1. The summed E-state index contributed by atoms with van der Waals surface area (Å²) in [5.74, 6) is -0.752. The average Bonchev–Trinajstić information content (AvgIpc) is 2.38. The number of primary amides is 1. The number of amides is 1. The number of carbonyl (C=O) groups excluding carboxylic acids is 1. The van der Waals surface area contributed by atoms with Crippen molar-refractivity contribution >= 4 is 11.6 Å². The summed E-state index contributed by atoms with van der Waals surface area (Å²) in [4.78, 5) is 13.0. The van der Waals surface area contributed by atoms with Crippen LogP contribution in [0.3, 0.4) is 0 Å². The molecule has 0 aromatic heterocycles. The first-order valence-electron chi connectivity index (χ1n) is 6.51. The molecule has 0 saturated carbocycles. The van der Waals surface area contributed by atoms with Gasteiger partial charge in [0.2, 0.25) is 5.91 Å². The molecule has 1 saturated heterocycles. The number of benzene rings is 1. The van der Waals surface area contributed by atoms with E-state index in [0.717, 1.165) is 0 Å². The zero-order valence-corrected chi connectivity index (χ0v) is 11.0. The highest BCUT2D eigenvalue weighted by atomic mass is 19.1. The monoisotopic (exact) mass is 266 g/mol. The van der Waals surface area contributed by atoms with Crippen LogP contribution in [0.2, 0.25) is 0 Å². The van der Waals surface area contributed by atoms with Crippen LogP contribution in [0.4, 0.5) is 10.1 Å². The average molecular weight is 266 g/mol. The van der Waals surface area contributed by atoms with Gasteiger partial charge in [0.05, 0.1) is 11.8 Å². The van der Waals surface area contributed by atoms with Crippen LogP contribution in [0.5, 0.6) is 0 Å². The zero-order chi connectivity index (χ0) is 14.0. The largest absolute Gasteiger partial charge is 0.389 e. The van der Waals surface area contributed by atoms with Gasteiger partial charge in [-0.25, -0.2) is 4.39 Å². The van der Waals surface area contributed by atoms with E-state index in [1.54, 1.807) is 19.1 Å². The summed E-state index contributed by atoms with van der Waals surface area (Å²) in [5, 5.41) is 9.73. The first-order valence-corrected chi connectivity index (χ1v) is 6.51. The molecule has 0 unspecified atom stereocenters. The molecule has 1 aliphatic heterocycles. The van der Waals surface area contributed by atoms with Gasteiger partial charge in [0.25, 0.3) is 0 Å². The Balaban J connectivity index is 2.22. The van der Waals surface area contributed by atoms with Crippen LogP contribution in [0, 0.1) is 11.7 Å². The molecule has 1 aromatic carbocycles. The number of aliphatic hydroxyl groups is 1. The minimum atomic E-state index is -0.723. The molecule has 0 bridgehead atoms. The Kier molecular flexibility index (Phi) is 4.04. The second-order valence-electron chi connectivity index (χ2n) is 5.02. The third-order valence-electron chi connectivity index (χ3n) is 3.68. The van der Waals surface area contributed by atoms with Gasteiger partial charge >= 0.3 is 0 Å². The highest BCUT2D eigenvalue weighted by molar-refractivity contribution is 5.77. The second-order valence-corrected chi connectivity index (χ2v) is 5.02. The van der Waals surface area contributed by atoms with Crippen molar-refractivity contribution in [3.63, 3.8) is 0 Å². The van der Waals surface area contributed by atoms with Gasteiger partial charge in [0.15, 0.2) is 0 Å². The number of nitrogens with zero attached hydrogens (tertiary/aromatic N) is 1. The number of para-hydroxylation sites is 1. The summed E-state index contributed by atoms with van der Waals surface area (Å²) in [6, 6.07) is 4.71. The highest BCUT2D eigenvalue weighted by Crippen LogP contribution is 2.32. The summed E-state index contributed by atoms with van der Waals surface area (Å²) in [7, 11) is 0. The lowest BCUT2D eigenvalue weighted by Gasteiger charge is -2.34. The number of halogens is 1. The van der Waals surface area contributed by atoms with Crippen molar-refractivity contribution in [2.75, 3.05) is 18.0 Å². The normalized spacial score (nSPS) is 18.4. The summed E-state index contributed by atoms with van der Waals surface area (Å²) >= 11 is 0. The Morgan fingerprint density at radius 3 is 2.63 bits per heavy atom. The summed E-state index contributed by atoms with van der Waals surface area (Å²) < 4.78 is 14.0. The van der Waals surface area contributed by atoms with Gasteiger partial charge in [-0.15, -0.1) is 0 Å². The lowest BCUT2D eigenvalue weighted by atomic mass is 9.95. The molecular weight excluding hydrogens is 247 g/mol. The van der Waals surface area contributed by atoms with Crippen LogP contribution in [-0.4, -0.2) is 24.1 Å². The van der Waals surface area contributed by atoms with E-state index in [0.29, 0.717) is 37.2 Å². The topological polar surface area (TPSA) is 66.6 Å². The second kappa shape index (κ2) is 5.57. The Labute approximate surface area is 112 Å². The number of aliphatic hydroxyl groups excluding tert-OH is 1. The standard InChI is InChI=1S/C14H19FN2O2/c1-9(18)11-3-2-4-12(15)13(11)17-7-5-10(6-8-17)14(16)19/h2-4,9-10,18H,5-8H2,1H3,(H2,16,19)/t9-/m0/s1. The molecule has 104 valence electrons. The Hall–Kier alpha value is -1.62. The SMILES string of the molecule is C[C@H](O)c1cccc(F)c1N1CCC(C(N)=O)CC1. The van der Waals surface area contributed by atoms with Crippen LogP contribution in [-0.2, 0) is 4.79 Å². The van der Waals surface area contributed by atoms with E-state index in [-0.39, 0.29) is 17.6 Å². The van der Waals surface area contributed by atoms with E-state index in [9.17, 15) is 14.3 Å². The highest BCUT2D eigenvalue weighted by Gasteiger charge is 2.26. The van der Waals surface area contributed by atoms with Crippen molar-refractivity contribution in [3.05, 3.63) is 29.6 Å². The molecule has 0 aliphatic carbocycles. The van der Waals surface area contributed by atoms with Crippen LogP contribution in [0.25, 0.3) is 0 Å². The van der Waals surface area contributed by atoms with Crippen molar-refractivity contribution in [2.24, 2.45) is 11.7 Å². The van der Waals surface area contributed by atoms with Gasteiger partial charge in [0, 0.05) is 24.6 Å². The number of nitrogens with two attached hydrogens (primary N) is 1. The molecule has 5 heteroatoms. The molecule has 1 amide bonds. The molecule has 1 aliphatic rings. The van der Waals surface area contributed by atoms with E-state index in [4.69, 9.17) is 5.73 Å². The summed E-state index contributed by atoms with van der Waals surface area (Å²) in [6.07, 6.45) is 0.533. The van der Waals surface area contributed by atoms with E-state index in [2.05, 4.69) is 0 Å². The third-order valence-corrected chi connectivity index (χ3v) is 3.68. The number of hydrogen-bond acceptors (Lipinski definition) is 3. The number of carbonyl (C=O) groups is 1. The van der Waals surface area contributed by atoms with Gasteiger partial charge in [-0.1, -0.05) is 12.1 Å². The number of rotatable bonds is 3. The predicted molar refractivity (Wildman–Crippen MR) is 71.2 cm³/mol. The molecule has 19 heavy (non-hydrogen) atoms. The van der Waals surface area contributed by atoms with Crippen molar-refractivity contribution in [2.45, 2.75) is 25.9 Å². The molecular formula is C14H19FN2O2. The minimum Gasteiger partial charge on any atom is -0.389 e. The molecule has 1 fully saturated rings. The summed E-state index contributed by atoms with van der Waals surface area (Å²) in [6.45, 7) is 2.77. The van der Waals surface area contributed by atoms with Crippen LogP contribution in [0.15, 0.2) is 18.2 Å². The fourth-order valence-electron chi connectivity index (χ4n) is 2.59. The molecule has 2 rings (SSSR count). The first-order chi connectivity index (χ1) is 9.00. The molecule has 1 heterocycles. The quantitative estimate of drug-likeness (QED) is 0.873. The minimum absolute atomic E-state index is 0.127. The van der Waals surface area contributed by atoms with Crippen LogP contribution in [0.1, 0.15) is 31.4 Å². The van der Waals surface area contributed by atoms with Crippen molar-refractivity contribution in [3.8, 4) is 0 Å². The number of hydrogen-bond donors (Lipinski definition) is 2. The number of piperidine rings is 1. The summed E-state index contributed by atoms with van der Waals surface area (Å²) in [5.41, 5.74) is 6.31. The molecule has 1 atom stereocenters. The first kappa shape index (κ1) is 13.8.